The monoisotopic (exact) mass is 418 g/mol. The molecule has 2 rings (SSSR count). The van der Waals surface area contributed by atoms with Crippen molar-refractivity contribution in [2.45, 2.75) is 6.61 Å². The van der Waals surface area contributed by atoms with Crippen molar-refractivity contribution in [3.63, 3.8) is 0 Å². The Hall–Kier alpha value is -1.47. The van der Waals surface area contributed by atoms with Crippen LogP contribution in [0, 0.1) is 3.57 Å². The minimum absolute atomic E-state index is 0.0541. The molecule has 0 fully saturated rings. The Bertz CT molecular complexity index is 655. The summed E-state index contributed by atoms with van der Waals surface area (Å²) in [5, 5.41) is 9.20. The van der Waals surface area contributed by atoms with E-state index in [9.17, 15) is 4.79 Å². The first-order chi connectivity index (χ1) is 10.0. The average Bonchev–Trinajstić information content (AvgIpc) is 2.46. The van der Waals surface area contributed by atoms with Gasteiger partial charge in [0, 0.05) is 3.57 Å². The van der Waals surface area contributed by atoms with E-state index in [4.69, 9.17) is 26.2 Å². The molecule has 0 aliphatic rings. The third kappa shape index (κ3) is 4.01. The Morgan fingerprint density at radius 3 is 2.52 bits per heavy atom. The fourth-order valence-corrected chi connectivity index (χ4v) is 2.34. The third-order valence-corrected chi connectivity index (χ3v) is 3.77. The molecule has 0 spiro atoms. The molecule has 0 aliphatic carbocycles. The molecule has 0 radical (unpaired) electrons. The van der Waals surface area contributed by atoms with Crippen LogP contribution in [0.25, 0.3) is 0 Å². The van der Waals surface area contributed by atoms with Crippen LogP contribution < -0.4 is 9.47 Å². The maximum atomic E-state index is 11.0. The Labute approximate surface area is 140 Å². The van der Waals surface area contributed by atoms with E-state index < -0.39 is 5.97 Å². The van der Waals surface area contributed by atoms with Gasteiger partial charge in [-0.25, -0.2) is 4.79 Å². The van der Waals surface area contributed by atoms with Gasteiger partial charge in [-0.15, -0.1) is 0 Å². The SMILES string of the molecule is COc1cc(C(=O)O)cc(Cl)c1OCc1ccc(I)cc1. The summed E-state index contributed by atoms with van der Waals surface area (Å²) >= 11 is 8.30. The van der Waals surface area contributed by atoms with Crippen molar-refractivity contribution in [2.75, 3.05) is 7.11 Å². The maximum absolute atomic E-state index is 11.0. The second kappa shape index (κ2) is 7.00. The molecular formula is C15H12ClIO4. The number of methoxy groups -OCH3 is 1. The highest BCUT2D eigenvalue weighted by Gasteiger charge is 2.15. The number of carbonyl (C=O) groups is 1. The first-order valence-corrected chi connectivity index (χ1v) is 7.45. The molecule has 21 heavy (non-hydrogen) atoms. The van der Waals surface area contributed by atoms with Gasteiger partial charge in [-0.05, 0) is 52.4 Å². The number of ether oxygens (including phenoxy) is 2. The lowest BCUT2D eigenvalue weighted by Crippen LogP contribution is -2.02. The lowest BCUT2D eigenvalue weighted by molar-refractivity contribution is 0.0696. The Morgan fingerprint density at radius 1 is 1.29 bits per heavy atom. The topological polar surface area (TPSA) is 55.8 Å². The minimum Gasteiger partial charge on any atom is -0.493 e. The van der Waals surface area contributed by atoms with Crippen LogP contribution in [0.3, 0.4) is 0 Å². The van der Waals surface area contributed by atoms with Gasteiger partial charge in [-0.1, -0.05) is 23.7 Å². The van der Waals surface area contributed by atoms with E-state index in [1.807, 2.05) is 24.3 Å². The molecular weight excluding hydrogens is 407 g/mol. The molecule has 0 aromatic heterocycles. The normalized spacial score (nSPS) is 10.2. The third-order valence-electron chi connectivity index (χ3n) is 2.77. The standard InChI is InChI=1S/C15H12ClIO4/c1-20-13-7-10(15(18)19)6-12(16)14(13)21-8-9-2-4-11(17)5-3-9/h2-7H,8H2,1H3,(H,18,19). The maximum Gasteiger partial charge on any atom is 0.335 e. The van der Waals surface area contributed by atoms with Crippen LogP contribution in [0.1, 0.15) is 15.9 Å². The lowest BCUT2D eigenvalue weighted by Gasteiger charge is -2.13. The van der Waals surface area contributed by atoms with Gasteiger partial charge in [0.1, 0.15) is 6.61 Å². The molecule has 1 N–H and O–H groups in total. The predicted octanol–water partition coefficient (Wildman–Crippen LogP) is 4.23. The van der Waals surface area contributed by atoms with Crippen LogP contribution in [0.15, 0.2) is 36.4 Å². The summed E-state index contributed by atoms with van der Waals surface area (Å²) in [7, 11) is 1.44. The summed E-state index contributed by atoms with van der Waals surface area (Å²) in [5.41, 5.74) is 1.04. The van der Waals surface area contributed by atoms with Gasteiger partial charge >= 0.3 is 5.97 Å². The summed E-state index contributed by atoms with van der Waals surface area (Å²) in [6.45, 7) is 0.319. The zero-order chi connectivity index (χ0) is 15.4. The van der Waals surface area contributed by atoms with Gasteiger partial charge in [-0.3, -0.25) is 0 Å². The lowest BCUT2D eigenvalue weighted by atomic mass is 10.2. The van der Waals surface area contributed by atoms with Gasteiger partial charge in [0.15, 0.2) is 11.5 Å². The molecule has 0 atom stereocenters. The van der Waals surface area contributed by atoms with Gasteiger partial charge < -0.3 is 14.6 Å². The molecule has 2 aromatic carbocycles. The van der Waals surface area contributed by atoms with Crippen molar-refractivity contribution in [1.82, 2.24) is 0 Å². The number of carboxylic acids is 1. The summed E-state index contributed by atoms with van der Waals surface area (Å²) in [6.07, 6.45) is 0. The molecule has 0 aliphatic heterocycles. The van der Waals surface area contributed by atoms with E-state index in [1.165, 1.54) is 19.2 Å². The smallest absolute Gasteiger partial charge is 0.335 e. The fraction of sp³-hybridized carbons (Fsp3) is 0.133. The molecule has 110 valence electrons. The van der Waals surface area contributed by atoms with Crippen LogP contribution in [0.4, 0.5) is 0 Å². The van der Waals surface area contributed by atoms with Crippen LogP contribution in [0.2, 0.25) is 5.02 Å². The number of rotatable bonds is 5. The van der Waals surface area contributed by atoms with Gasteiger partial charge in [0.25, 0.3) is 0 Å². The highest BCUT2D eigenvalue weighted by Crippen LogP contribution is 2.37. The van der Waals surface area contributed by atoms with Crippen molar-refractivity contribution in [3.05, 3.63) is 56.1 Å². The summed E-state index contributed by atoms with van der Waals surface area (Å²) in [5.74, 6) is -0.437. The fourth-order valence-electron chi connectivity index (χ4n) is 1.72. The van der Waals surface area contributed by atoms with Gasteiger partial charge in [0.2, 0.25) is 0 Å². The Kier molecular flexibility index (Phi) is 5.30. The van der Waals surface area contributed by atoms with Crippen molar-refractivity contribution in [3.8, 4) is 11.5 Å². The number of carboxylic acid groups (broad SMARTS) is 1. The molecule has 0 amide bonds. The first kappa shape index (κ1) is 15.9. The van der Waals surface area contributed by atoms with E-state index in [0.29, 0.717) is 18.1 Å². The number of hydrogen-bond acceptors (Lipinski definition) is 3. The van der Waals surface area contributed by atoms with E-state index in [-0.39, 0.29) is 10.6 Å². The van der Waals surface area contributed by atoms with Crippen molar-refractivity contribution in [2.24, 2.45) is 0 Å². The van der Waals surface area contributed by atoms with Crippen molar-refractivity contribution < 1.29 is 19.4 Å². The largest absolute Gasteiger partial charge is 0.493 e. The van der Waals surface area contributed by atoms with E-state index in [0.717, 1.165) is 9.13 Å². The van der Waals surface area contributed by atoms with Gasteiger partial charge in [-0.2, -0.15) is 0 Å². The Balaban J connectivity index is 2.23. The van der Waals surface area contributed by atoms with Crippen LogP contribution in [0.5, 0.6) is 11.5 Å². The van der Waals surface area contributed by atoms with Crippen LogP contribution in [-0.2, 0) is 6.61 Å². The van der Waals surface area contributed by atoms with Crippen molar-refractivity contribution in [1.29, 1.82) is 0 Å². The first-order valence-electron chi connectivity index (χ1n) is 5.99. The predicted molar refractivity (Wildman–Crippen MR) is 88.5 cm³/mol. The number of benzene rings is 2. The summed E-state index contributed by atoms with van der Waals surface area (Å²) in [4.78, 5) is 11.0. The second-order valence-electron chi connectivity index (χ2n) is 4.21. The van der Waals surface area contributed by atoms with Crippen LogP contribution in [-0.4, -0.2) is 18.2 Å². The quantitative estimate of drug-likeness (QED) is 0.738. The van der Waals surface area contributed by atoms with E-state index in [2.05, 4.69) is 22.6 Å². The number of hydrogen-bond donors (Lipinski definition) is 1. The van der Waals surface area contributed by atoms with E-state index in [1.54, 1.807) is 0 Å². The molecule has 0 saturated carbocycles. The number of halogens is 2. The summed E-state index contributed by atoms with van der Waals surface area (Å²) in [6, 6.07) is 10.6. The molecule has 2 aromatic rings. The van der Waals surface area contributed by atoms with Crippen LogP contribution >= 0.6 is 34.2 Å². The zero-order valence-corrected chi connectivity index (χ0v) is 14.0. The molecule has 4 nitrogen and oxygen atoms in total. The summed E-state index contributed by atoms with van der Waals surface area (Å²) < 4.78 is 12.0. The highest BCUT2D eigenvalue weighted by atomic mass is 127. The molecule has 0 heterocycles. The minimum atomic E-state index is -1.07. The van der Waals surface area contributed by atoms with E-state index >= 15 is 0 Å². The second-order valence-corrected chi connectivity index (χ2v) is 5.86. The average molecular weight is 419 g/mol. The zero-order valence-electron chi connectivity index (χ0n) is 11.1. The molecule has 0 unspecified atom stereocenters. The molecule has 0 bridgehead atoms. The van der Waals surface area contributed by atoms with Crippen molar-refractivity contribution >= 4 is 40.2 Å². The highest BCUT2D eigenvalue weighted by molar-refractivity contribution is 14.1. The Morgan fingerprint density at radius 2 is 1.95 bits per heavy atom. The number of aromatic carboxylic acids is 1. The molecule has 6 heteroatoms. The van der Waals surface area contributed by atoms with Gasteiger partial charge in [0.05, 0.1) is 17.7 Å². The molecule has 0 saturated heterocycles.